The summed E-state index contributed by atoms with van der Waals surface area (Å²) in [4.78, 5) is 12.1. The number of rotatable bonds is 22. The van der Waals surface area contributed by atoms with E-state index in [0.29, 0.717) is 11.8 Å². The van der Waals surface area contributed by atoms with Crippen LogP contribution in [0.4, 0.5) is 0 Å². The predicted octanol–water partition coefficient (Wildman–Crippen LogP) is 7.99. The van der Waals surface area contributed by atoms with Gasteiger partial charge >= 0.3 is 5.97 Å². The van der Waals surface area contributed by atoms with E-state index in [1.807, 2.05) is 0 Å². The van der Waals surface area contributed by atoms with Crippen molar-refractivity contribution in [2.45, 2.75) is 136 Å². The number of aliphatic hydroxyl groups excluding tert-OH is 1. The lowest BCUT2D eigenvalue weighted by atomic mass is 9.75. The Labute approximate surface area is 182 Å². The van der Waals surface area contributed by atoms with Crippen LogP contribution in [0.15, 0.2) is 0 Å². The standard InChI is InChI=1S/C26H52O3/c1-4-6-8-10-12-17-21-25(26(28)29)24(20-16-11-9-7-5-2)23(3)19-15-13-14-18-22-27/h23-25,27H,4-22H2,1-3H3,(H,28,29). The van der Waals surface area contributed by atoms with Gasteiger partial charge in [0.15, 0.2) is 0 Å². The average molecular weight is 413 g/mol. The van der Waals surface area contributed by atoms with Crippen LogP contribution in [0.2, 0.25) is 0 Å². The first-order chi connectivity index (χ1) is 14.1. The summed E-state index contributed by atoms with van der Waals surface area (Å²) in [5.74, 6) is 0.0724. The van der Waals surface area contributed by atoms with Crippen molar-refractivity contribution in [3.05, 3.63) is 0 Å². The van der Waals surface area contributed by atoms with Crippen molar-refractivity contribution in [1.29, 1.82) is 0 Å². The van der Waals surface area contributed by atoms with Crippen LogP contribution in [0, 0.1) is 17.8 Å². The van der Waals surface area contributed by atoms with Gasteiger partial charge in [0, 0.05) is 6.61 Å². The van der Waals surface area contributed by atoms with Crippen LogP contribution < -0.4 is 0 Å². The Hall–Kier alpha value is -0.570. The summed E-state index contributed by atoms with van der Waals surface area (Å²) in [5, 5.41) is 18.9. The van der Waals surface area contributed by atoms with Gasteiger partial charge in [-0.15, -0.1) is 0 Å². The summed E-state index contributed by atoms with van der Waals surface area (Å²) in [6.45, 7) is 7.05. The number of aliphatic hydroxyl groups is 1. The molecule has 0 aliphatic heterocycles. The monoisotopic (exact) mass is 412 g/mol. The topological polar surface area (TPSA) is 57.5 Å². The fraction of sp³-hybridized carbons (Fsp3) is 0.962. The maximum atomic E-state index is 12.1. The van der Waals surface area contributed by atoms with E-state index in [0.717, 1.165) is 51.4 Å². The smallest absolute Gasteiger partial charge is 0.306 e. The van der Waals surface area contributed by atoms with Crippen LogP contribution in [0.1, 0.15) is 136 Å². The van der Waals surface area contributed by atoms with E-state index in [1.165, 1.54) is 64.2 Å². The third kappa shape index (κ3) is 15.9. The van der Waals surface area contributed by atoms with Gasteiger partial charge in [-0.1, -0.05) is 117 Å². The number of unbranched alkanes of at least 4 members (excludes halogenated alkanes) is 12. The molecule has 0 aromatic heterocycles. The molecule has 3 nitrogen and oxygen atoms in total. The van der Waals surface area contributed by atoms with E-state index < -0.39 is 5.97 Å². The van der Waals surface area contributed by atoms with Crippen LogP contribution in [0.5, 0.6) is 0 Å². The van der Waals surface area contributed by atoms with Crippen molar-refractivity contribution < 1.29 is 15.0 Å². The maximum absolute atomic E-state index is 12.1. The van der Waals surface area contributed by atoms with Gasteiger partial charge < -0.3 is 10.2 Å². The largest absolute Gasteiger partial charge is 0.481 e. The van der Waals surface area contributed by atoms with Crippen LogP contribution in [0.3, 0.4) is 0 Å². The lowest BCUT2D eigenvalue weighted by molar-refractivity contribution is -0.145. The maximum Gasteiger partial charge on any atom is 0.306 e. The molecule has 0 fully saturated rings. The van der Waals surface area contributed by atoms with Gasteiger partial charge in [0.25, 0.3) is 0 Å². The summed E-state index contributed by atoms with van der Waals surface area (Å²) in [6.07, 6.45) is 21.0. The fourth-order valence-corrected chi connectivity index (χ4v) is 4.68. The molecule has 0 aromatic carbocycles. The summed E-state index contributed by atoms with van der Waals surface area (Å²) in [5.41, 5.74) is 0. The Balaban J connectivity index is 4.63. The Bertz CT molecular complexity index is 356. The minimum Gasteiger partial charge on any atom is -0.481 e. The zero-order valence-electron chi connectivity index (χ0n) is 20.0. The highest BCUT2D eigenvalue weighted by Gasteiger charge is 2.31. The van der Waals surface area contributed by atoms with Crippen LogP contribution in [-0.4, -0.2) is 22.8 Å². The molecule has 0 amide bonds. The zero-order chi connectivity index (χ0) is 21.7. The third-order valence-corrected chi connectivity index (χ3v) is 6.64. The first-order valence-electron chi connectivity index (χ1n) is 12.9. The highest BCUT2D eigenvalue weighted by Crippen LogP contribution is 2.34. The number of carboxylic acids is 1. The second kappa shape index (κ2) is 20.7. The van der Waals surface area contributed by atoms with Crippen molar-refractivity contribution in [2.75, 3.05) is 6.61 Å². The summed E-state index contributed by atoms with van der Waals surface area (Å²) < 4.78 is 0. The molecule has 29 heavy (non-hydrogen) atoms. The van der Waals surface area contributed by atoms with Crippen molar-refractivity contribution >= 4 is 5.97 Å². The second-order valence-corrected chi connectivity index (χ2v) is 9.27. The molecule has 0 saturated carbocycles. The molecule has 3 heteroatoms. The van der Waals surface area contributed by atoms with Crippen molar-refractivity contribution in [2.24, 2.45) is 17.8 Å². The molecule has 0 radical (unpaired) electrons. The van der Waals surface area contributed by atoms with Gasteiger partial charge in [0.2, 0.25) is 0 Å². The molecule has 0 rings (SSSR count). The van der Waals surface area contributed by atoms with Crippen molar-refractivity contribution in [3.63, 3.8) is 0 Å². The normalized spacial score (nSPS) is 14.6. The number of aliphatic carboxylic acids is 1. The molecule has 3 atom stereocenters. The van der Waals surface area contributed by atoms with Crippen LogP contribution in [-0.2, 0) is 4.79 Å². The minimum absolute atomic E-state index is 0.167. The summed E-state index contributed by atoms with van der Waals surface area (Å²) >= 11 is 0. The van der Waals surface area contributed by atoms with Gasteiger partial charge in [-0.05, 0) is 31.1 Å². The number of hydrogen-bond donors (Lipinski definition) is 2. The first kappa shape index (κ1) is 28.4. The molecule has 0 bridgehead atoms. The second-order valence-electron chi connectivity index (χ2n) is 9.27. The van der Waals surface area contributed by atoms with E-state index in [2.05, 4.69) is 20.8 Å². The van der Waals surface area contributed by atoms with E-state index in [-0.39, 0.29) is 12.5 Å². The predicted molar refractivity (Wildman–Crippen MR) is 125 cm³/mol. The van der Waals surface area contributed by atoms with Gasteiger partial charge in [-0.25, -0.2) is 0 Å². The third-order valence-electron chi connectivity index (χ3n) is 6.64. The van der Waals surface area contributed by atoms with Crippen LogP contribution >= 0.6 is 0 Å². The molecule has 0 heterocycles. The highest BCUT2D eigenvalue weighted by molar-refractivity contribution is 5.70. The van der Waals surface area contributed by atoms with Gasteiger partial charge in [-0.3, -0.25) is 4.79 Å². The van der Waals surface area contributed by atoms with Gasteiger partial charge in [0.1, 0.15) is 0 Å². The van der Waals surface area contributed by atoms with E-state index >= 15 is 0 Å². The molecule has 0 aliphatic carbocycles. The number of carboxylic acid groups (broad SMARTS) is 1. The Morgan fingerprint density at radius 1 is 0.655 bits per heavy atom. The molecule has 2 N–H and O–H groups in total. The SMILES string of the molecule is CCCCCCCCC(C(=O)O)C(CCCCCCC)C(C)CCCCCCO. The zero-order valence-corrected chi connectivity index (χ0v) is 20.0. The quantitative estimate of drug-likeness (QED) is 0.177. The van der Waals surface area contributed by atoms with Crippen molar-refractivity contribution in [3.8, 4) is 0 Å². The molecule has 3 unspecified atom stereocenters. The summed E-state index contributed by atoms with van der Waals surface area (Å²) in [7, 11) is 0. The van der Waals surface area contributed by atoms with E-state index in [1.54, 1.807) is 0 Å². The fourth-order valence-electron chi connectivity index (χ4n) is 4.68. The Kier molecular flexibility index (Phi) is 20.3. The summed E-state index contributed by atoms with van der Waals surface area (Å²) in [6, 6.07) is 0. The highest BCUT2D eigenvalue weighted by atomic mass is 16.4. The van der Waals surface area contributed by atoms with Crippen LogP contribution in [0.25, 0.3) is 0 Å². The molecular formula is C26H52O3. The average Bonchev–Trinajstić information content (AvgIpc) is 2.70. The molecule has 0 saturated heterocycles. The molecule has 174 valence electrons. The molecule has 0 spiro atoms. The minimum atomic E-state index is -0.566. The Morgan fingerprint density at radius 2 is 1.10 bits per heavy atom. The Morgan fingerprint density at radius 3 is 1.62 bits per heavy atom. The first-order valence-corrected chi connectivity index (χ1v) is 12.9. The lowest BCUT2D eigenvalue weighted by Gasteiger charge is -2.30. The van der Waals surface area contributed by atoms with E-state index in [4.69, 9.17) is 5.11 Å². The number of carbonyl (C=O) groups is 1. The van der Waals surface area contributed by atoms with E-state index in [9.17, 15) is 9.90 Å². The molecule has 0 aromatic rings. The number of hydrogen-bond acceptors (Lipinski definition) is 2. The lowest BCUT2D eigenvalue weighted by Crippen LogP contribution is -2.29. The molecular weight excluding hydrogens is 360 g/mol. The van der Waals surface area contributed by atoms with Gasteiger partial charge in [0.05, 0.1) is 5.92 Å². The molecule has 0 aliphatic rings. The van der Waals surface area contributed by atoms with Crippen molar-refractivity contribution in [1.82, 2.24) is 0 Å². The van der Waals surface area contributed by atoms with Gasteiger partial charge in [-0.2, -0.15) is 0 Å².